The zero-order valence-electron chi connectivity index (χ0n) is 26.0. The average Bonchev–Trinajstić information content (AvgIpc) is 3.43. The molecule has 2 heterocycles. The van der Waals surface area contributed by atoms with Gasteiger partial charge < -0.3 is 14.6 Å². The van der Waals surface area contributed by atoms with E-state index in [2.05, 4.69) is 10.3 Å². The molecule has 3 aromatic carbocycles. The van der Waals surface area contributed by atoms with Gasteiger partial charge in [-0.05, 0) is 92.4 Å². The Hall–Kier alpha value is -4.24. The molecule has 8 nitrogen and oxygen atoms in total. The molecule has 11 heteroatoms. The number of hydrogen-bond donors (Lipinski definition) is 1. The molecule has 0 saturated carbocycles. The number of hydrogen-bond acceptors (Lipinski definition) is 8. The summed E-state index contributed by atoms with van der Waals surface area (Å²) < 4.78 is 14.0. The second-order valence-electron chi connectivity index (χ2n) is 10.8. The minimum Gasteiger partial charge on any atom is -0.463 e. The number of ether oxygens (including phenoxy) is 1. The van der Waals surface area contributed by atoms with E-state index in [4.69, 9.17) is 26.2 Å². The lowest BCUT2D eigenvalue weighted by molar-refractivity contribution is -0.151. The van der Waals surface area contributed by atoms with Crippen molar-refractivity contribution >= 4 is 64.9 Å². The number of carbonyl (C=O) groups is 2. The third kappa shape index (κ3) is 7.94. The summed E-state index contributed by atoms with van der Waals surface area (Å²) in [5.41, 5.74) is 2.81. The number of fused-ring (bicyclic) bond motifs is 1. The van der Waals surface area contributed by atoms with E-state index in [1.807, 2.05) is 118 Å². The lowest BCUT2D eigenvalue weighted by Gasteiger charge is -2.27. The van der Waals surface area contributed by atoms with Crippen LogP contribution in [0.15, 0.2) is 107 Å². The van der Waals surface area contributed by atoms with Crippen LogP contribution in [-0.2, 0) is 21.3 Å². The highest BCUT2D eigenvalue weighted by atomic mass is 32.4. The van der Waals surface area contributed by atoms with Crippen molar-refractivity contribution in [2.24, 2.45) is 5.92 Å². The lowest BCUT2D eigenvalue weighted by atomic mass is 10.2. The van der Waals surface area contributed by atoms with Crippen LogP contribution in [0.3, 0.4) is 0 Å². The Balaban J connectivity index is 1.65. The Labute approximate surface area is 278 Å². The SMILES string of the molecule is CNC(=O)c1ccccc1Sc1ccc2c(/C=C/c3ccccn3)nn(P(=S)(C[C@@H](C)C(=O)OC(C)C)Oc3ccccc3)c2c1. The van der Waals surface area contributed by atoms with Gasteiger partial charge in [0.15, 0.2) is 0 Å². The zero-order valence-corrected chi connectivity index (χ0v) is 28.5. The van der Waals surface area contributed by atoms with Crippen LogP contribution in [0.25, 0.3) is 23.1 Å². The molecule has 1 unspecified atom stereocenters. The zero-order chi connectivity index (χ0) is 32.7. The molecule has 1 N–H and O–H groups in total. The second-order valence-corrected chi connectivity index (χ2v) is 15.9. The van der Waals surface area contributed by atoms with Crippen LogP contribution in [-0.4, -0.2) is 45.7 Å². The smallest absolute Gasteiger partial charge is 0.309 e. The first-order valence-electron chi connectivity index (χ1n) is 14.8. The molecular formula is C35H35N4O4PS2. The van der Waals surface area contributed by atoms with E-state index in [1.54, 1.807) is 23.8 Å². The summed E-state index contributed by atoms with van der Waals surface area (Å²) in [6.45, 7) is 5.46. The maximum absolute atomic E-state index is 13.0. The van der Waals surface area contributed by atoms with Gasteiger partial charge in [-0.15, -0.1) is 0 Å². The number of aromatic nitrogens is 3. The third-order valence-electron chi connectivity index (χ3n) is 6.89. The van der Waals surface area contributed by atoms with Crippen LogP contribution in [0, 0.1) is 5.92 Å². The maximum Gasteiger partial charge on any atom is 0.309 e. The van der Waals surface area contributed by atoms with Crippen molar-refractivity contribution in [1.29, 1.82) is 0 Å². The Bertz CT molecular complexity index is 1910. The fourth-order valence-corrected chi connectivity index (χ4v) is 9.34. The van der Waals surface area contributed by atoms with Crippen molar-refractivity contribution < 1.29 is 18.8 Å². The first-order chi connectivity index (χ1) is 22.2. The van der Waals surface area contributed by atoms with Crippen LogP contribution in [0.2, 0.25) is 0 Å². The summed E-state index contributed by atoms with van der Waals surface area (Å²) in [6, 6.07) is 28.6. The van der Waals surface area contributed by atoms with E-state index in [0.717, 1.165) is 26.4 Å². The molecule has 236 valence electrons. The van der Waals surface area contributed by atoms with E-state index >= 15 is 0 Å². The van der Waals surface area contributed by atoms with Gasteiger partial charge in [0.2, 0.25) is 6.42 Å². The van der Waals surface area contributed by atoms with Gasteiger partial charge in [0.1, 0.15) is 5.75 Å². The van der Waals surface area contributed by atoms with E-state index in [0.29, 0.717) is 17.0 Å². The van der Waals surface area contributed by atoms with Gasteiger partial charge in [0, 0.05) is 34.6 Å². The highest BCUT2D eigenvalue weighted by Crippen LogP contribution is 2.52. The largest absolute Gasteiger partial charge is 0.463 e. The average molecular weight is 671 g/mol. The first-order valence-corrected chi connectivity index (χ1v) is 18.5. The molecule has 5 aromatic rings. The third-order valence-corrected chi connectivity index (χ3v) is 11.5. The quantitative estimate of drug-likeness (QED) is 0.106. The Morgan fingerprint density at radius 1 is 0.978 bits per heavy atom. The maximum atomic E-state index is 13.0. The fourth-order valence-electron chi connectivity index (χ4n) is 4.73. The van der Waals surface area contributed by atoms with Crippen molar-refractivity contribution in [1.82, 2.24) is 19.9 Å². The molecule has 0 spiro atoms. The van der Waals surface area contributed by atoms with Crippen molar-refractivity contribution in [3.05, 3.63) is 114 Å². The Kier molecular flexibility index (Phi) is 10.7. The number of nitrogens with one attached hydrogen (secondary N) is 1. The molecule has 0 bridgehead atoms. The van der Waals surface area contributed by atoms with Gasteiger partial charge in [-0.1, -0.05) is 55.1 Å². The molecule has 0 saturated heterocycles. The number of rotatable bonds is 12. The first kappa shape index (κ1) is 33.1. The summed E-state index contributed by atoms with van der Waals surface area (Å²) in [4.78, 5) is 31.7. The Morgan fingerprint density at radius 3 is 2.43 bits per heavy atom. The molecule has 2 atom stereocenters. The van der Waals surface area contributed by atoms with Gasteiger partial charge in [0.05, 0.1) is 34.5 Å². The van der Waals surface area contributed by atoms with Crippen LogP contribution in [0.5, 0.6) is 5.75 Å². The van der Waals surface area contributed by atoms with Gasteiger partial charge in [-0.2, -0.15) is 5.10 Å². The predicted molar refractivity (Wildman–Crippen MR) is 189 cm³/mol. The van der Waals surface area contributed by atoms with Gasteiger partial charge >= 0.3 is 5.97 Å². The number of carbonyl (C=O) groups excluding carboxylic acids is 2. The molecule has 2 aromatic heterocycles. The molecule has 0 aliphatic rings. The van der Waals surface area contributed by atoms with Crippen molar-refractivity contribution in [3.8, 4) is 5.75 Å². The van der Waals surface area contributed by atoms with Crippen molar-refractivity contribution in [2.75, 3.05) is 13.2 Å². The number of benzene rings is 3. The van der Waals surface area contributed by atoms with Crippen LogP contribution in [0.1, 0.15) is 42.5 Å². The summed E-state index contributed by atoms with van der Waals surface area (Å²) in [6.07, 6.45) is 2.43. The molecule has 5 rings (SSSR count). The molecule has 46 heavy (non-hydrogen) atoms. The number of para-hydroxylation sites is 1. The highest BCUT2D eigenvalue weighted by molar-refractivity contribution is 8.11. The molecule has 0 aliphatic carbocycles. The normalized spacial score (nSPS) is 13.4. The summed E-state index contributed by atoms with van der Waals surface area (Å²) >= 11 is 7.88. The molecular weight excluding hydrogens is 636 g/mol. The van der Waals surface area contributed by atoms with Crippen LogP contribution in [0.4, 0.5) is 0 Å². The summed E-state index contributed by atoms with van der Waals surface area (Å²) in [5.74, 6) is -0.449. The van der Waals surface area contributed by atoms with E-state index < -0.39 is 12.3 Å². The monoisotopic (exact) mass is 670 g/mol. The van der Waals surface area contributed by atoms with Crippen molar-refractivity contribution in [3.63, 3.8) is 0 Å². The topological polar surface area (TPSA) is 95.3 Å². The predicted octanol–water partition coefficient (Wildman–Crippen LogP) is 7.94. The van der Waals surface area contributed by atoms with E-state index in [9.17, 15) is 9.59 Å². The molecule has 0 aliphatic heterocycles. The van der Waals surface area contributed by atoms with Gasteiger partial charge in [0.25, 0.3) is 5.91 Å². The molecule has 0 radical (unpaired) electrons. The minimum absolute atomic E-state index is 0.162. The number of esters is 1. The van der Waals surface area contributed by atoms with Crippen molar-refractivity contribution in [2.45, 2.75) is 36.7 Å². The number of pyridine rings is 1. The summed E-state index contributed by atoms with van der Waals surface area (Å²) in [5, 5.41) is 8.63. The van der Waals surface area contributed by atoms with Gasteiger partial charge in [-0.3, -0.25) is 14.6 Å². The standard InChI is InChI=1S/C35H35N4O4PS2/c1-24(2)42-35(41)25(3)23-44(45,43-27-13-6-5-7-14-27)39-32-22-28(46-33-16-9-8-15-30(33)34(40)36-4)18-19-29(32)31(38-39)20-17-26-12-10-11-21-37-26/h5-22,24-25H,23H2,1-4H3,(H,36,40)/b20-17+/t25-,44?/m1/s1. The minimum atomic E-state index is -3.08. The molecule has 1 amide bonds. The van der Waals surface area contributed by atoms with Crippen LogP contribution >= 0.6 is 18.2 Å². The van der Waals surface area contributed by atoms with E-state index in [-0.39, 0.29) is 24.1 Å². The highest BCUT2D eigenvalue weighted by Gasteiger charge is 2.32. The Morgan fingerprint density at radius 2 is 1.72 bits per heavy atom. The lowest BCUT2D eigenvalue weighted by Crippen LogP contribution is -2.24. The fraction of sp³-hybridized carbons (Fsp3) is 0.200. The molecule has 0 fully saturated rings. The number of amides is 1. The number of nitrogens with zero attached hydrogens (tertiary/aromatic N) is 3. The second kappa shape index (κ2) is 14.9. The van der Waals surface area contributed by atoms with E-state index in [1.165, 1.54) is 11.8 Å². The van der Waals surface area contributed by atoms with Crippen LogP contribution < -0.4 is 9.84 Å². The van der Waals surface area contributed by atoms with Gasteiger partial charge in [-0.25, -0.2) is 4.45 Å². The summed E-state index contributed by atoms with van der Waals surface area (Å²) in [7, 11) is 1.62.